The third kappa shape index (κ3) is 2.35. The summed E-state index contributed by atoms with van der Waals surface area (Å²) in [6.07, 6.45) is 0. The number of benzene rings is 2. The summed E-state index contributed by atoms with van der Waals surface area (Å²) >= 11 is 4.96. The van der Waals surface area contributed by atoms with Crippen LogP contribution < -0.4 is 4.80 Å². The molecule has 0 saturated heterocycles. The van der Waals surface area contributed by atoms with Crippen LogP contribution in [0.2, 0.25) is 0 Å². The van der Waals surface area contributed by atoms with Gasteiger partial charge in [0.25, 0.3) is 0 Å². The van der Waals surface area contributed by atoms with E-state index < -0.39 is 0 Å². The molecule has 0 aliphatic rings. The number of tetrazole rings is 1. The fourth-order valence-electron chi connectivity index (χ4n) is 1.75. The highest BCUT2D eigenvalue weighted by atomic mass is 32.1. The Kier molecular flexibility index (Phi) is 3.11. The molecule has 1 heterocycles. The molecule has 0 amide bonds. The monoisotopic (exact) mass is 290 g/mol. The highest BCUT2D eigenvalue weighted by molar-refractivity contribution is 7.58. The second kappa shape index (κ2) is 4.93. The Morgan fingerprint density at radius 1 is 0.900 bits per heavy atom. The van der Waals surface area contributed by atoms with Gasteiger partial charge < -0.3 is 12.6 Å². The molecule has 3 aromatic rings. The van der Waals surface area contributed by atoms with Crippen molar-refractivity contribution >= 4 is 12.6 Å². The summed E-state index contributed by atoms with van der Waals surface area (Å²) in [5, 5.41) is 8.29. The van der Waals surface area contributed by atoms with E-state index in [0.29, 0.717) is 11.4 Å². The van der Waals surface area contributed by atoms with E-state index in [-0.39, 0.29) is 16.8 Å². The number of rotatable bonds is 2. The second-order valence-electron chi connectivity index (χ2n) is 4.01. The molecule has 0 atom stereocenters. The van der Waals surface area contributed by atoms with Gasteiger partial charge in [-0.2, -0.15) is 0 Å². The summed E-state index contributed by atoms with van der Waals surface area (Å²) in [6, 6.07) is 11.5. The third-order valence-electron chi connectivity index (χ3n) is 2.66. The van der Waals surface area contributed by atoms with E-state index in [1.807, 2.05) is 0 Å². The maximum atomic E-state index is 13.0. The summed E-state index contributed by atoms with van der Waals surface area (Å²) in [4.78, 5) is 2.85. The lowest BCUT2D eigenvalue weighted by Crippen LogP contribution is -2.43. The molecular weight excluding hydrogens is 282 g/mol. The Hall–Kier alpha value is -2.41. The zero-order chi connectivity index (χ0) is 14.1. The normalized spacial score (nSPS) is 10.7. The smallest absolute Gasteiger partial charge is 0.195 e. The Morgan fingerprint density at radius 3 is 2.05 bits per heavy atom. The van der Waals surface area contributed by atoms with Crippen molar-refractivity contribution in [3.63, 3.8) is 0 Å². The fourth-order valence-corrected chi connectivity index (χ4v) is 1.90. The Bertz CT molecular complexity index is 675. The van der Waals surface area contributed by atoms with Crippen molar-refractivity contribution in [2.75, 3.05) is 0 Å². The first-order valence-corrected chi connectivity index (χ1v) is 6.13. The molecule has 0 bridgehead atoms. The van der Waals surface area contributed by atoms with Gasteiger partial charge in [0.15, 0.2) is 10.8 Å². The van der Waals surface area contributed by atoms with Gasteiger partial charge in [0.1, 0.15) is 17.3 Å². The largest absolute Gasteiger partial charge is 0.706 e. The Morgan fingerprint density at radius 2 is 1.45 bits per heavy atom. The fraction of sp³-hybridized carbons (Fsp3) is 0. The van der Waals surface area contributed by atoms with E-state index in [1.54, 1.807) is 24.3 Å². The van der Waals surface area contributed by atoms with Gasteiger partial charge >= 0.3 is 0 Å². The van der Waals surface area contributed by atoms with Crippen LogP contribution in [0.15, 0.2) is 53.7 Å². The van der Waals surface area contributed by atoms with Gasteiger partial charge in [-0.1, -0.05) is 0 Å². The maximum absolute atomic E-state index is 13.0. The first kappa shape index (κ1) is 12.6. The lowest BCUT2D eigenvalue weighted by atomic mass is 10.3. The van der Waals surface area contributed by atoms with Crippen molar-refractivity contribution in [3.05, 3.63) is 60.2 Å². The van der Waals surface area contributed by atoms with E-state index in [1.165, 1.54) is 33.9 Å². The van der Waals surface area contributed by atoms with E-state index >= 15 is 0 Å². The van der Waals surface area contributed by atoms with Gasteiger partial charge in [-0.05, 0) is 58.4 Å². The highest BCUT2D eigenvalue weighted by Crippen LogP contribution is 2.08. The molecule has 0 fully saturated rings. The predicted octanol–water partition coefficient (Wildman–Crippen LogP) is 1.73. The van der Waals surface area contributed by atoms with Crippen LogP contribution in [0.25, 0.3) is 11.4 Å². The number of aromatic nitrogens is 4. The van der Waals surface area contributed by atoms with E-state index in [4.69, 9.17) is 12.6 Å². The molecule has 3 rings (SSSR count). The molecule has 0 aliphatic heterocycles. The van der Waals surface area contributed by atoms with Crippen molar-refractivity contribution in [2.24, 2.45) is 0 Å². The number of hydrogen-bond donors (Lipinski definition) is 0. The van der Waals surface area contributed by atoms with Crippen LogP contribution in [0.1, 0.15) is 0 Å². The lowest BCUT2D eigenvalue weighted by Gasteiger charge is -1.99. The van der Waals surface area contributed by atoms with Crippen molar-refractivity contribution in [1.29, 1.82) is 0 Å². The molecule has 0 N–H and O–H groups in total. The van der Waals surface area contributed by atoms with Gasteiger partial charge in [0, 0.05) is 9.90 Å². The summed E-state index contributed by atoms with van der Waals surface area (Å²) < 4.78 is 25.9. The van der Waals surface area contributed by atoms with Crippen LogP contribution in [0.4, 0.5) is 8.78 Å². The summed E-state index contributed by atoms with van der Waals surface area (Å²) in [6.45, 7) is 0. The molecule has 0 radical (unpaired) electrons. The van der Waals surface area contributed by atoms with Gasteiger partial charge in [-0.15, -0.1) is 0 Å². The van der Waals surface area contributed by atoms with Gasteiger partial charge in [-0.3, -0.25) is 0 Å². The Balaban J connectivity index is 2.12. The van der Waals surface area contributed by atoms with Crippen LogP contribution in [0.3, 0.4) is 0 Å². The molecule has 7 heteroatoms. The second-order valence-corrected chi connectivity index (χ2v) is 4.38. The van der Waals surface area contributed by atoms with E-state index in [2.05, 4.69) is 10.2 Å². The molecule has 0 saturated carbocycles. The van der Waals surface area contributed by atoms with Crippen molar-refractivity contribution < 1.29 is 13.6 Å². The summed E-state index contributed by atoms with van der Waals surface area (Å²) in [7, 11) is 0. The third-order valence-corrected chi connectivity index (χ3v) is 2.82. The first-order valence-electron chi connectivity index (χ1n) is 5.72. The Labute approximate surface area is 118 Å². The molecule has 4 nitrogen and oxygen atoms in total. The maximum Gasteiger partial charge on any atom is 0.195 e. The lowest BCUT2D eigenvalue weighted by molar-refractivity contribution is -0.736. The minimum atomic E-state index is -0.346. The summed E-state index contributed by atoms with van der Waals surface area (Å²) in [5.74, 6) is -0.693. The van der Waals surface area contributed by atoms with Gasteiger partial charge in [-0.25, -0.2) is 8.78 Å². The molecule has 100 valence electrons. The van der Waals surface area contributed by atoms with Crippen LogP contribution in [-0.2, 0) is 12.6 Å². The van der Waals surface area contributed by atoms with Crippen molar-refractivity contribution in [1.82, 2.24) is 15.0 Å². The molecule has 20 heavy (non-hydrogen) atoms. The zero-order valence-corrected chi connectivity index (χ0v) is 10.9. The first-order chi connectivity index (χ1) is 9.63. The van der Waals surface area contributed by atoms with Gasteiger partial charge in [0.05, 0.1) is 0 Å². The van der Waals surface area contributed by atoms with Gasteiger partial charge in [0.2, 0.25) is 0 Å². The predicted molar refractivity (Wildman–Crippen MR) is 68.4 cm³/mol. The number of nitrogens with zero attached hydrogens (tertiary/aromatic N) is 4. The number of hydrogen-bond acceptors (Lipinski definition) is 3. The molecular formula is C13H8F2N4S. The standard InChI is InChI=1S/C13H8F2N4S/c14-9-1-5-11(6-2-9)18-16-13(20)17-19(18)12-7-3-10(15)4-8-12/h1-8H. The van der Waals surface area contributed by atoms with Crippen LogP contribution in [-0.4, -0.2) is 15.0 Å². The average molecular weight is 290 g/mol. The SMILES string of the molecule is Fc1ccc(-n2nc([S-])n[n+]2-c2ccc(F)cc2)cc1. The quantitative estimate of drug-likeness (QED) is 0.532. The van der Waals surface area contributed by atoms with Crippen molar-refractivity contribution in [2.45, 2.75) is 5.16 Å². The highest BCUT2D eigenvalue weighted by Gasteiger charge is 2.16. The average Bonchev–Trinajstić information content (AvgIpc) is 2.82. The molecule has 2 aromatic carbocycles. The van der Waals surface area contributed by atoms with E-state index in [0.717, 1.165) is 0 Å². The summed E-state index contributed by atoms with van der Waals surface area (Å²) in [5.41, 5.74) is 1.19. The molecule has 0 unspecified atom stereocenters. The van der Waals surface area contributed by atoms with Crippen LogP contribution >= 0.6 is 0 Å². The topological polar surface area (TPSA) is 34.6 Å². The van der Waals surface area contributed by atoms with Crippen molar-refractivity contribution in [3.8, 4) is 11.4 Å². The minimum absolute atomic E-state index is 0.138. The minimum Gasteiger partial charge on any atom is -0.706 e. The molecule has 1 aromatic heterocycles. The van der Waals surface area contributed by atoms with Crippen LogP contribution in [0.5, 0.6) is 0 Å². The molecule has 0 spiro atoms. The van der Waals surface area contributed by atoms with Crippen LogP contribution in [0, 0.1) is 11.6 Å². The number of halogens is 2. The molecule has 0 aliphatic carbocycles. The van der Waals surface area contributed by atoms with E-state index in [9.17, 15) is 8.78 Å². The zero-order valence-electron chi connectivity index (χ0n) is 10.1.